The Hall–Kier alpha value is -2.74. The lowest BCUT2D eigenvalue weighted by Crippen LogP contribution is -2.52. The van der Waals surface area contributed by atoms with E-state index >= 15 is 0 Å². The normalized spacial score (nSPS) is 31.2. The molecule has 4 fully saturated rings. The number of carbonyl (C=O) groups excluding carboxylic acids is 3. The van der Waals surface area contributed by atoms with E-state index in [2.05, 4.69) is 26.9 Å². The first-order valence-corrected chi connectivity index (χ1v) is 13.7. The molecule has 5 unspecified atom stereocenters. The fourth-order valence-electron chi connectivity index (χ4n) is 7.11. The smallest absolute Gasteiger partial charge is 0.309 e. The van der Waals surface area contributed by atoms with Crippen molar-refractivity contribution in [2.24, 2.45) is 29.6 Å². The third-order valence-electron chi connectivity index (χ3n) is 9.03. The lowest BCUT2D eigenvalue weighted by atomic mass is 9.85. The largest absolute Gasteiger partial charge is 0.459 e. The Bertz CT molecular complexity index is 986. The molecule has 1 aromatic heterocycles. The molecule has 0 N–H and O–H groups in total. The molecule has 3 heterocycles. The number of piperazine rings is 1. The zero-order valence-electron chi connectivity index (χ0n) is 20.8. The Labute approximate surface area is 212 Å². The van der Waals surface area contributed by atoms with Crippen molar-refractivity contribution in [1.29, 1.82) is 0 Å². The van der Waals surface area contributed by atoms with Gasteiger partial charge in [-0.15, -0.1) is 0 Å². The van der Waals surface area contributed by atoms with Crippen LogP contribution in [0.3, 0.4) is 0 Å². The highest BCUT2D eigenvalue weighted by atomic mass is 16.5. The number of pyridine rings is 1. The molecule has 2 amide bonds. The maximum absolute atomic E-state index is 13.3. The van der Waals surface area contributed by atoms with Crippen LogP contribution in [0.4, 0.5) is 5.69 Å². The summed E-state index contributed by atoms with van der Waals surface area (Å²) in [6.07, 6.45) is 13.3. The average Bonchev–Trinajstić information content (AvgIpc) is 3.60. The summed E-state index contributed by atoms with van der Waals surface area (Å²) in [6, 6.07) is 4.04. The molecule has 5 atom stereocenters. The van der Waals surface area contributed by atoms with Crippen molar-refractivity contribution in [3.8, 4) is 0 Å². The van der Waals surface area contributed by atoms with E-state index in [-0.39, 0.29) is 53.9 Å². The molecule has 36 heavy (non-hydrogen) atoms. The van der Waals surface area contributed by atoms with Gasteiger partial charge in [-0.3, -0.25) is 29.2 Å². The van der Waals surface area contributed by atoms with Crippen LogP contribution in [0.2, 0.25) is 0 Å². The molecule has 2 bridgehead atoms. The third kappa shape index (κ3) is 4.44. The Kier molecular flexibility index (Phi) is 6.54. The van der Waals surface area contributed by atoms with Crippen LogP contribution in [0.1, 0.15) is 38.5 Å². The van der Waals surface area contributed by atoms with E-state index in [1.165, 1.54) is 11.3 Å². The summed E-state index contributed by atoms with van der Waals surface area (Å²) >= 11 is 0. The Morgan fingerprint density at radius 3 is 2.19 bits per heavy atom. The molecule has 0 radical (unpaired) electrons. The van der Waals surface area contributed by atoms with Gasteiger partial charge in [0.05, 0.1) is 24.3 Å². The van der Waals surface area contributed by atoms with Gasteiger partial charge in [0.1, 0.15) is 6.10 Å². The van der Waals surface area contributed by atoms with Gasteiger partial charge < -0.3 is 9.64 Å². The number of amides is 2. The standard InChI is InChI=1S/C28H36N4O4/c33-26-24-20-6-7-21(16-20)25(24)27(34)32(26)18-23(36-28(35)19-4-2-1-3-5-19)17-30-12-14-31(15-13-30)22-8-10-29-11-9-22/h6-11,19-21,23-25H,1-5,12-18H2. The number of rotatable bonds is 7. The van der Waals surface area contributed by atoms with Crippen molar-refractivity contribution in [3.63, 3.8) is 0 Å². The van der Waals surface area contributed by atoms with E-state index in [0.717, 1.165) is 64.0 Å². The van der Waals surface area contributed by atoms with Crippen LogP contribution in [0.15, 0.2) is 36.7 Å². The van der Waals surface area contributed by atoms with Gasteiger partial charge in [0.2, 0.25) is 11.8 Å². The maximum atomic E-state index is 13.3. The zero-order valence-corrected chi connectivity index (χ0v) is 20.8. The van der Waals surface area contributed by atoms with Crippen molar-refractivity contribution in [2.75, 3.05) is 44.2 Å². The van der Waals surface area contributed by atoms with Crippen molar-refractivity contribution in [2.45, 2.75) is 44.6 Å². The first kappa shape index (κ1) is 23.6. The Morgan fingerprint density at radius 1 is 0.917 bits per heavy atom. The van der Waals surface area contributed by atoms with Crippen molar-refractivity contribution >= 4 is 23.5 Å². The number of esters is 1. The van der Waals surface area contributed by atoms with Crippen LogP contribution in [-0.4, -0.2) is 77.9 Å². The van der Waals surface area contributed by atoms with Gasteiger partial charge >= 0.3 is 5.97 Å². The average molecular weight is 493 g/mol. The summed E-state index contributed by atoms with van der Waals surface area (Å²) in [5, 5.41) is 0. The molecule has 8 nitrogen and oxygen atoms in total. The second kappa shape index (κ2) is 9.96. The first-order valence-electron chi connectivity index (χ1n) is 13.7. The number of imide groups is 1. The molecule has 8 heteroatoms. The Morgan fingerprint density at radius 2 is 1.56 bits per heavy atom. The molecule has 1 aromatic rings. The predicted octanol–water partition coefficient (Wildman–Crippen LogP) is 2.50. The number of allylic oxidation sites excluding steroid dienone is 2. The molecule has 2 saturated heterocycles. The number of ether oxygens (including phenoxy) is 1. The van der Waals surface area contributed by atoms with Gasteiger partial charge in [-0.05, 0) is 43.2 Å². The molecule has 5 aliphatic rings. The second-order valence-corrected chi connectivity index (χ2v) is 11.2. The highest BCUT2D eigenvalue weighted by Crippen LogP contribution is 2.52. The van der Waals surface area contributed by atoms with E-state index in [4.69, 9.17) is 4.74 Å². The van der Waals surface area contributed by atoms with Crippen LogP contribution in [0, 0.1) is 29.6 Å². The monoisotopic (exact) mass is 492 g/mol. The number of aromatic nitrogens is 1. The second-order valence-electron chi connectivity index (χ2n) is 11.2. The molecular formula is C28H36N4O4. The van der Waals surface area contributed by atoms with Crippen LogP contribution < -0.4 is 4.90 Å². The number of hydrogen-bond donors (Lipinski definition) is 0. The SMILES string of the molecule is O=C(OC(CN1CCN(c2ccncc2)CC1)CN1C(=O)C2C3C=CC(C3)C2C1=O)C1CCCCC1. The highest BCUT2D eigenvalue weighted by molar-refractivity contribution is 6.06. The summed E-state index contributed by atoms with van der Waals surface area (Å²) in [4.78, 5) is 49.9. The molecule has 2 saturated carbocycles. The fraction of sp³-hybridized carbons (Fsp3) is 0.643. The lowest BCUT2D eigenvalue weighted by molar-refractivity contribution is -0.160. The van der Waals surface area contributed by atoms with E-state index in [0.29, 0.717) is 6.54 Å². The minimum atomic E-state index is -0.496. The molecular weight excluding hydrogens is 456 g/mol. The molecule has 2 aliphatic heterocycles. The quantitative estimate of drug-likeness (QED) is 0.329. The van der Waals surface area contributed by atoms with Gasteiger partial charge in [-0.1, -0.05) is 31.4 Å². The van der Waals surface area contributed by atoms with Crippen molar-refractivity contribution < 1.29 is 19.1 Å². The van der Waals surface area contributed by atoms with Gasteiger partial charge in [-0.25, -0.2) is 0 Å². The van der Waals surface area contributed by atoms with Gasteiger partial charge in [0.15, 0.2) is 0 Å². The van der Waals surface area contributed by atoms with Gasteiger partial charge in [0.25, 0.3) is 0 Å². The number of anilines is 1. The van der Waals surface area contributed by atoms with E-state index in [1.807, 2.05) is 24.5 Å². The topological polar surface area (TPSA) is 83.1 Å². The maximum Gasteiger partial charge on any atom is 0.309 e. The molecule has 192 valence electrons. The van der Waals surface area contributed by atoms with E-state index in [1.54, 1.807) is 0 Å². The molecule has 6 rings (SSSR count). The minimum Gasteiger partial charge on any atom is -0.459 e. The molecule has 3 aliphatic carbocycles. The Balaban J connectivity index is 1.12. The first-order chi connectivity index (χ1) is 17.6. The lowest BCUT2D eigenvalue weighted by Gasteiger charge is -2.38. The number of fused-ring (bicyclic) bond motifs is 5. The van der Waals surface area contributed by atoms with E-state index < -0.39 is 6.10 Å². The summed E-state index contributed by atoms with van der Waals surface area (Å²) in [7, 11) is 0. The van der Waals surface area contributed by atoms with Gasteiger partial charge in [-0.2, -0.15) is 0 Å². The fourth-order valence-corrected chi connectivity index (χ4v) is 7.11. The number of nitrogens with zero attached hydrogens (tertiary/aromatic N) is 4. The van der Waals surface area contributed by atoms with Crippen LogP contribution in [0.5, 0.6) is 0 Å². The highest BCUT2D eigenvalue weighted by Gasteiger charge is 2.59. The predicted molar refractivity (Wildman–Crippen MR) is 134 cm³/mol. The van der Waals surface area contributed by atoms with Crippen LogP contribution in [-0.2, 0) is 19.1 Å². The van der Waals surface area contributed by atoms with Crippen LogP contribution in [0.25, 0.3) is 0 Å². The summed E-state index contributed by atoms with van der Waals surface area (Å²) in [5.41, 5.74) is 1.16. The van der Waals surface area contributed by atoms with Crippen molar-refractivity contribution in [3.05, 3.63) is 36.7 Å². The summed E-state index contributed by atoms with van der Waals surface area (Å²) in [5.74, 6) is -0.411. The number of hydrogen-bond acceptors (Lipinski definition) is 7. The number of carbonyl (C=O) groups is 3. The zero-order chi connectivity index (χ0) is 24.6. The molecule has 0 spiro atoms. The summed E-state index contributed by atoms with van der Waals surface area (Å²) in [6.45, 7) is 4.12. The van der Waals surface area contributed by atoms with Gasteiger partial charge in [0, 0.05) is 50.8 Å². The van der Waals surface area contributed by atoms with E-state index in [9.17, 15) is 14.4 Å². The third-order valence-corrected chi connectivity index (χ3v) is 9.03. The minimum absolute atomic E-state index is 0.0609. The van der Waals surface area contributed by atoms with Crippen molar-refractivity contribution in [1.82, 2.24) is 14.8 Å². The summed E-state index contributed by atoms with van der Waals surface area (Å²) < 4.78 is 6.09. The number of likely N-dealkylation sites (tertiary alicyclic amines) is 1. The molecule has 0 aromatic carbocycles. The van der Waals surface area contributed by atoms with Crippen LogP contribution >= 0.6 is 0 Å².